The number of aliphatic hydroxyl groups is 14. The fraction of sp³-hybridized carbons (Fsp3) is 0.969. The van der Waals surface area contributed by atoms with E-state index in [0.717, 1.165) is 64.7 Å². The monoisotopic (exact) mass is 1310 g/mol. The fourth-order valence-electron chi connectivity index (χ4n) is 12.4. The second-order valence-electron chi connectivity index (χ2n) is 26.0. The number of hydrogen-bond donors (Lipinski definition) is 16. The van der Waals surface area contributed by atoms with Crippen LogP contribution in [0.3, 0.4) is 0 Å². The van der Waals surface area contributed by atoms with Crippen LogP contribution in [0, 0.1) is 0 Å². The number of carbonyl (C=O) groups excluding carboxylic acids is 2. The van der Waals surface area contributed by atoms with Gasteiger partial charge in [0.2, 0.25) is 11.8 Å². The highest BCUT2D eigenvalue weighted by Gasteiger charge is 2.54. The predicted molar refractivity (Wildman–Crippen MR) is 332 cm³/mol. The summed E-state index contributed by atoms with van der Waals surface area (Å²) in [6.45, 7) is 3.76. The molecule has 0 aromatic rings. The van der Waals surface area contributed by atoms with E-state index in [1.54, 1.807) is 0 Å². The third-order valence-electron chi connectivity index (χ3n) is 18.3. The SMILES string of the molecule is CCCCCCCCCCCCCCCCCCCCC(O)C(=O)NC(COC1OC(CO)C(O)C(O)C1OC1OC(COC2OC(CO)C(O)C(OC3OC(C)C(O)C(O)C3O)C2NC(C)=O)C(O)C(O)C1O)C(O)C(O)CCCCCCCCCCCCC. The van der Waals surface area contributed by atoms with Crippen LogP contribution in [0.15, 0.2) is 0 Å². The molecule has 0 bridgehead atoms. The van der Waals surface area contributed by atoms with Crippen LogP contribution in [-0.4, -0.2) is 257 Å². The third kappa shape index (κ3) is 27.8. The molecule has 0 aromatic carbocycles. The highest BCUT2D eigenvalue weighted by molar-refractivity contribution is 5.80. The van der Waals surface area contributed by atoms with Crippen LogP contribution in [0.25, 0.3) is 0 Å². The van der Waals surface area contributed by atoms with Crippen LogP contribution in [-0.2, 0) is 47.5 Å². The van der Waals surface area contributed by atoms with Gasteiger partial charge in [-0.2, -0.15) is 0 Å². The summed E-state index contributed by atoms with van der Waals surface area (Å²) in [5.41, 5.74) is 0. The van der Waals surface area contributed by atoms with Crippen molar-refractivity contribution in [3.63, 3.8) is 0 Å². The van der Waals surface area contributed by atoms with Crippen molar-refractivity contribution in [2.45, 2.75) is 374 Å². The van der Waals surface area contributed by atoms with Gasteiger partial charge in [0.1, 0.15) is 104 Å². The molecule has 26 heteroatoms. The molecule has 0 aliphatic carbocycles. The summed E-state index contributed by atoms with van der Waals surface area (Å²) < 4.78 is 47.1. The summed E-state index contributed by atoms with van der Waals surface area (Å²) in [6, 6.07) is -2.93. The van der Waals surface area contributed by atoms with E-state index in [-0.39, 0.29) is 12.8 Å². The maximum atomic E-state index is 13.7. The standard InChI is InChI=1S/C65H122N2O24/c1-5-7-9-11-13-15-17-18-19-20-21-22-23-25-27-29-31-33-35-44(72)61(83)67-42(50(74)43(71)34-32-30-28-26-24-16-14-12-10-8-6-2)38-84-65-60(56(80)51(75)45(36-68)88-65)91-64-58(82)55(79)52(76)47(89-64)39-85-62-48(66-41(4)70)59(53(77)46(37-69)87-62)90-63-57(81)54(78)49(73)40(3)86-63/h40,42-60,62-65,68-69,71-82H,5-39H2,1-4H3,(H,66,70)(H,67,83). The van der Waals surface area contributed by atoms with E-state index in [1.165, 1.54) is 122 Å². The van der Waals surface area contributed by atoms with Crippen molar-refractivity contribution < 1.29 is 119 Å². The molecule has 4 fully saturated rings. The van der Waals surface area contributed by atoms with E-state index in [1.807, 2.05) is 0 Å². The number of nitrogens with one attached hydrogen (secondary N) is 2. The number of hydrogen-bond acceptors (Lipinski definition) is 24. The van der Waals surface area contributed by atoms with E-state index in [9.17, 15) is 81.1 Å². The Hall–Kier alpha value is -1.94. The first-order valence-electron chi connectivity index (χ1n) is 34.8. The Morgan fingerprint density at radius 2 is 0.846 bits per heavy atom. The molecule has 0 spiro atoms. The minimum absolute atomic E-state index is 0.124. The Bertz CT molecular complexity index is 1890. The predicted octanol–water partition coefficient (Wildman–Crippen LogP) is 2.15. The van der Waals surface area contributed by atoms with E-state index < -0.39 is 185 Å². The summed E-state index contributed by atoms with van der Waals surface area (Å²) >= 11 is 0. The van der Waals surface area contributed by atoms with Gasteiger partial charge in [0.15, 0.2) is 25.2 Å². The van der Waals surface area contributed by atoms with Gasteiger partial charge >= 0.3 is 0 Å². The van der Waals surface area contributed by atoms with E-state index >= 15 is 0 Å². The molecule has 4 heterocycles. The number of rotatable bonds is 48. The number of unbranched alkanes of at least 4 members (excludes halogenated alkanes) is 27. The van der Waals surface area contributed by atoms with Gasteiger partial charge in [-0.15, -0.1) is 0 Å². The molecule has 24 unspecified atom stereocenters. The highest BCUT2D eigenvalue weighted by Crippen LogP contribution is 2.34. The van der Waals surface area contributed by atoms with Gasteiger partial charge in [-0.05, 0) is 19.8 Å². The first-order valence-corrected chi connectivity index (χ1v) is 34.8. The van der Waals surface area contributed by atoms with Crippen LogP contribution in [0.2, 0.25) is 0 Å². The first kappa shape index (κ1) is 81.5. The molecule has 4 rings (SSSR count). The lowest BCUT2D eigenvalue weighted by molar-refractivity contribution is -0.373. The average Bonchev–Trinajstić information content (AvgIpc) is 0.837. The molecule has 24 atom stereocenters. The van der Waals surface area contributed by atoms with Crippen LogP contribution in [0.5, 0.6) is 0 Å². The van der Waals surface area contributed by atoms with Gasteiger partial charge in [-0.25, -0.2) is 0 Å². The zero-order valence-electron chi connectivity index (χ0n) is 54.9. The molecule has 0 aromatic heterocycles. The van der Waals surface area contributed by atoms with Gasteiger partial charge in [-0.1, -0.05) is 200 Å². The topological polar surface area (TPSA) is 415 Å². The molecule has 26 nitrogen and oxygen atoms in total. The van der Waals surface area contributed by atoms with Crippen molar-refractivity contribution in [2.24, 2.45) is 0 Å². The molecule has 0 saturated carbocycles. The Morgan fingerprint density at radius 1 is 0.440 bits per heavy atom. The van der Waals surface area contributed by atoms with Crippen molar-refractivity contribution in [1.82, 2.24) is 10.6 Å². The number of carbonyl (C=O) groups is 2. The summed E-state index contributed by atoms with van der Waals surface area (Å²) in [6.07, 6.45) is -4.62. The minimum atomic E-state index is -2.10. The molecule has 4 saturated heterocycles. The van der Waals surface area contributed by atoms with Gasteiger partial charge in [0.25, 0.3) is 0 Å². The Kier molecular flexibility index (Phi) is 40.8. The molecule has 4 aliphatic rings. The fourth-order valence-corrected chi connectivity index (χ4v) is 12.4. The lowest BCUT2D eigenvalue weighted by Gasteiger charge is -2.48. The normalized spacial score (nSPS) is 33.5. The Balaban J connectivity index is 1.41. The Labute approximate surface area is 540 Å². The highest BCUT2D eigenvalue weighted by atomic mass is 16.8. The van der Waals surface area contributed by atoms with Crippen LogP contribution in [0.1, 0.15) is 227 Å². The van der Waals surface area contributed by atoms with Gasteiger partial charge in [0, 0.05) is 6.92 Å². The molecular formula is C65H122N2O24. The molecule has 4 aliphatic heterocycles. The van der Waals surface area contributed by atoms with Crippen molar-refractivity contribution in [3.05, 3.63) is 0 Å². The summed E-state index contributed by atoms with van der Waals surface area (Å²) in [5.74, 6) is -1.55. The zero-order chi connectivity index (χ0) is 66.8. The number of ether oxygens (including phenoxy) is 8. The quantitative estimate of drug-likeness (QED) is 0.0388. The van der Waals surface area contributed by atoms with Crippen molar-refractivity contribution in [3.8, 4) is 0 Å². The lowest BCUT2D eigenvalue weighted by atomic mass is 9.95. The number of amides is 2. The van der Waals surface area contributed by atoms with Crippen molar-refractivity contribution in [1.29, 1.82) is 0 Å². The maximum Gasteiger partial charge on any atom is 0.249 e. The van der Waals surface area contributed by atoms with E-state index in [0.29, 0.717) is 12.8 Å². The zero-order valence-corrected chi connectivity index (χ0v) is 54.9. The summed E-state index contributed by atoms with van der Waals surface area (Å²) in [5, 5.41) is 159. The third-order valence-corrected chi connectivity index (χ3v) is 18.3. The smallest absolute Gasteiger partial charge is 0.249 e. The lowest BCUT2D eigenvalue weighted by Crippen LogP contribution is -2.68. The molecule has 0 radical (unpaired) electrons. The van der Waals surface area contributed by atoms with Crippen LogP contribution < -0.4 is 10.6 Å². The molecule has 2 amide bonds. The summed E-state index contributed by atoms with van der Waals surface area (Å²) in [7, 11) is 0. The average molecular weight is 1320 g/mol. The molecule has 16 N–H and O–H groups in total. The second-order valence-corrected chi connectivity index (χ2v) is 26.0. The summed E-state index contributed by atoms with van der Waals surface area (Å²) in [4.78, 5) is 26.3. The molecule has 536 valence electrons. The van der Waals surface area contributed by atoms with Gasteiger partial charge in [-0.3, -0.25) is 9.59 Å². The molecular weight excluding hydrogens is 1190 g/mol. The largest absolute Gasteiger partial charge is 0.394 e. The van der Waals surface area contributed by atoms with E-state index in [4.69, 9.17) is 37.9 Å². The van der Waals surface area contributed by atoms with Gasteiger partial charge in [0.05, 0.1) is 44.7 Å². The molecule has 91 heavy (non-hydrogen) atoms. The minimum Gasteiger partial charge on any atom is -0.394 e. The second kappa shape index (κ2) is 45.5. The first-order chi connectivity index (χ1) is 43.7. The van der Waals surface area contributed by atoms with Gasteiger partial charge < -0.3 is 120 Å². The van der Waals surface area contributed by atoms with E-state index in [2.05, 4.69) is 24.5 Å². The number of aliphatic hydroxyl groups excluding tert-OH is 14. The van der Waals surface area contributed by atoms with Crippen molar-refractivity contribution in [2.75, 3.05) is 26.4 Å². The van der Waals surface area contributed by atoms with Crippen LogP contribution in [0.4, 0.5) is 0 Å². The maximum absolute atomic E-state index is 13.7. The Morgan fingerprint density at radius 3 is 1.33 bits per heavy atom. The van der Waals surface area contributed by atoms with Crippen molar-refractivity contribution >= 4 is 11.8 Å². The van der Waals surface area contributed by atoms with Crippen LogP contribution >= 0.6 is 0 Å².